The van der Waals surface area contributed by atoms with Crippen molar-refractivity contribution in [3.05, 3.63) is 35.9 Å². The van der Waals surface area contributed by atoms with E-state index in [0.717, 1.165) is 19.3 Å². The summed E-state index contributed by atoms with van der Waals surface area (Å²) in [4.78, 5) is 25.0. The molecule has 0 aromatic heterocycles. The Morgan fingerprint density at radius 3 is 2.39 bits per heavy atom. The first-order valence-corrected chi connectivity index (χ1v) is 8.78. The lowest BCUT2D eigenvalue weighted by Crippen LogP contribution is -2.52. The molecule has 0 radical (unpaired) electrons. The van der Waals surface area contributed by atoms with Gasteiger partial charge in [-0.3, -0.25) is 9.59 Å². The van der Waals surface area contributed by atoms with Crippen molar-refractivity contribution in [1.29, 1.82) is 0 Å². The van der Waals surface area contributed by atoms with Gasteiger partial charge in [0.25, 0.3) is 5.91 Å². The van der Waals surface area contributed by atoms with Gasteiger partial charge in [0.2, 0.25) is 5.91 Å². The average Bonchev–Trinajstić information content (AvgIpc) is 2.60. The molecule has 2 rings (SSSR count). The summed E-state index contributed by atoms with van der Waals surface area (Å²) in [6, 6.07) is 8.85. The number of carbonyl (C=O) groups excluding carboxylic acids is 2. The molecule has 0 unspecified atom stereocenters. The number of nitrogens with one attached hydrogen (secondary N) is 2. The van der Waals surface area contributed by atoms with Crippen LogP contribution in [0, 0.1) is 5.92 Å². The van der Waals surface area contributed by atoms with Crippen molar-refractivity contribution in [3.63, 3.8) is 0 Å². The van der Waals surface area contributed by atoms with Crippen LogP contribution in [0.25, 0.3) is 0 Å². The van der Waals surface area contributed by atoms with E-state index in [9.17, 15) is 9.59 Å². The Morgan fingerprint density at radius 2 is 1.78 bits per heavy atom. The first-order valence-electron chi connectivity index (χ1n) is 8.78. The average molecular weight is 316 g/mol. The molecule has 23 heavy (non-hydrogen) atoms. The molecule has 4 nitrogen and oxygen atoms in total. The van der Waals surface area contributed by atoms with Crippen LogP contribution in [0.2, 0.25) is 0 Å². The number of amides is 2. The molecule has 2 N–H and O–H groups in total. The Morgan fingerprint density at radius 1 is 1.13 bits per heavy atom. The molecule has 2 amide bonds. The summed E-state index contributed by atoms with van der Waals surface area (Å²) < 4.78 is 0. The SMILES string of the molecule is CC[C@H](C)[C@H](NC(=O)c1ccccc1)C(=O)NC1CCCCC1. The first-order chi connectivity index (χ1) is 11.1. The summed E-state index contributed by atoms with van der Waals surface area (Å²) >= 11 is 0. The van der Waals surface area contributed by atoms with E-state index in [2.05, 4.69) is 10.6 Å². The molecule has 1 fully saturated rings. The van der Waals surface area contributed by atoms with E-state index >= 15 is 0 Å². The number of hydrogen-bond acceptors (Lipinski definition) is 2. The van der Waals surface area contributed by atoms with Crippen molar-refractivity contribution in [1.82, 2.24) is 10.6 Å². The van der Waals surface area contributed by atoms with E-state index < -0.39 is 6.04 Å². The summed E-state index contributed by atoms with van der Waals surface area (Å²) in [5.74, 6) is -0.128. The Bertz CT molecular complexity index is 509. The van der Waals surface area contributed by atoms with Crippen LogP contribution in [0.15, 0.2) is 30.3 Å². The van der Waals surface area contributed by atoms with Crippen LogP contribution < -0.4 is 10.6 Å². The lowest BCUT2D eigenvalue weighted by molar-refractivity contribution is -0.125. The molecule has 0 heterocycles. The Kier molecular flexibility index (Phi) is 6.63. The molecule has 1 saturated carbocycles. The largest absolute Gasteiger partial charge is 0.352 e. The van der Waals surface area contributed by atoms with E-state index in [4.69, 9.17) is 0 Å². The molecule has 1 aliphatic rings. The van der Waals surface area contributed by atoms with Gasteiger partial charge in [-0.25, -0.2) is 0 Å². The van der Waals surface area contributed by atoms with Crippen LogP contribution >= 0.6 is 0 Å². The molecule has 1 aromatic rings. The number of benzene rings is 1. The first kappa shape index (κ1) is 17.5. The minimum absolute atomic E-state index is 0.0458. The summed E-state index contributed by atoms with van der Waals surface area (Å²) in [6.07, 6.45) is 6.55. The topological polar surface area (TPSA) is 58.2 Å². The zero-order chi connectivity index (χ0) is 16.7. The van der Waals surface area contributed by atoms with Gasteiger partial charge < -0.3 is 10.6 Å². The van der Waals surface area contributed by atoms with Crippen molar-refractivity contribution in [2.24, 2.45) is 5.92 Å². The Labute approximate surface area is 139 Å². The minimum atomic E-state index is -0.477. The van der Waals surface area contributed by atoms with Crippen LogP contribution in [-0.4, -0.2) is 23.9 Å². The third-order valence-corrected chi connectivity index (χ3v) is 4.77. The van der Waals surface area contributed by atoms with E-state index in [1.807, 2.05) is 32.0 Å². The normalized spacial score (nSPS) is 18.0. The van der Waals surface area contributed by atoms with Gasteiger partial charge in [0, 0.05) is 11.6 Å². The second-order valence-electron chi connectivity index (χ2n) is 6.55. The predicted molar refractivity (Wildman–Crippen MR) is 92.2 cm³/mol. The second kappa shape index (κ2) is 8.70. The minimum Gasteiger partial charge on any atom is -0.352 e. The summed E-state index contributed by atoms with van der Waals surface area (Å²) in [7, 11) is 0. The number of carbonyl (C=O) groups is 2. The van der Waals surface area contributed by atoms with Crippen LogP contribution in [0.3, 0.4) is 0 Å². The molecule has 126 valence electrons. The van der Waals surface area contributed by atoms with E-state index in [0.29, 0.717) is 5.56 Å². The van der Waals surface area contributed by atoms with Gasteiger partial charge >= 0.3 is 0 Å². The zero-order valence-corrected chi connectivity index (χ0v) is 14.2. The molecule has 0 aliphatic heterocycles. The summed E-state index contributed by atoms with van der Waals surface area (Å²) in [6.45, 7) is 4.05. The fourth-order valence-electron chi connectivity index (χ4n) is 3.05. The monoisotopic (exact) mass is 316 g/mol. The van der Waals surface area contributed by atoms with E-state index in [1.54, 1.807) is 12.1 Å². The smallest absolute Gasteiger partial charge is 0.251 e. The predicted octanol–water partition coefficient (Wildman–Crippen LogP) is 3.28. The standard InChI is InChI=1S/C19H28N2O2/c1-3-14(2)17(19(23)20-16-12-8-5-9-13-16)21-18(22)15-10-6-4-7-11-15/h4,6-7,10-11,14,16-17H,3,5,8-9,12-13H2,1-2H3,(H,20,23)(H,21,22)/t14-,17-/m0/s1. The van der Waals surface area contributed by atoms with Crippen LogP contribution in [0.4, 0.5) is 0 Å². The summed E-state index contributed by atoms with van der Waals surface area (Å²) in [5, 5.41) is 6.06. The Hall–Kier alpha value is -1.84. The third kappa shape index (κ3) is 5.08. The van der Waals surface area contributed by atoms with E-state index in [-0.39, 0.29) is 23.8 Å². The van der Waals surface area contributed by atoms with Gasteiger partial charge in [0.15, 0.2) is 0 Å². The van der Waals surface area contributed by atoms with Crippen LogP contribution in [0.1, 0.15) is 62.7 Å². The highest BCUT2D eigenvalue weighted by Gasteiger charge is 2.28. The molecule has 4 heteroatoms. The van der Waals surface area contributed by atoms with Gasteiger partial charge in [0.1, 0.15) is 6.04 Å². The fourth-order valence-corrected chi connectivity index (χ4v) is 3.05. The maximum absolute atomic E-state index is 12.7. The maximum atomic E-state index is 12.7. The lowest BCUT2D eigenvalue weighted by atomic mass is 9.93. The highest BCUT2D eigenvalue weighted by atomic mass is 16.2. The molecule has 0 saturated heterocycles. The van der Waals surface area contributed by atoms with Gasteiger partial charge in [0.05, 0.1) is 0 Å². The molecule has 1 aliphatic carbocycles. The van der Waals surface area contributed by atoms with Crippen molar-refractivity contribution >= 4 is 11.8 Å². The fraction of sp³-hybridized carbons (Fsp3) is 0.579. The van der Waals surface area contributed by atoms with Gasteiger partial charge in [-0.2, -0.15) is 0 Å². The highest BCUT2D eigenvalue weighted by Crippen LogP contribution is 2.18. The van der Waals surface area contributed by atoms with Crippen molar-refractivity contribution in [2.45, 2.75) is 64.5 Å². The van der Waals surface area contributed by atoms with Gasteiger partial charge in [-0.15, -0.1) is 0 Å². The van der Waals surface area contributed by atoms with Crippen molar-refractivity contribution in [3.8, 4) is 0 Å². The molecule has 0 bridgehead atoms. The van der Waals surface area contributed by atoms with Crippen molar-refractivity contribution in [2.75, 3.05) is 0 Å². The number of rotatable bonds is 6. The molecular formula is C19H28N2O2. The highest BCUT2D eigenvalue weighted by molar-refractivity contribution is 5.97. The van der Waals surface area contributed by atoms with Crippen LogP contribution in [-0.2, 0) is 4.79 Å². The number of hydrogen-bond donors (Lipinski definition) is 2. The zero-order valence-electron chi connectivity index (χ0n) is 14.2. The summed E-state index contributed by atoms with van der Waals surface area (Å²) in [5.41, 5.74) is 0.589. The maximum Gasteiger partial charge on any atom is 0.251 e. The third-order valence-electron chi connectivity index (χ3n) is 4.77. The van der Waals surface area contributed by atoms with Crippen molar-refractivity contribution < 1.29 is 9.59 Å². The van der Waals surface area contributed by atoms with E-state index in [1.165, 1.54) is 19.3 Å². The molecule has 2 atom stereocenters. The molecular weight excluding hydrogens is 288 g/mol. The van der Waals surface area contributed by atoms with Gasteiger partial charge in [-0.1, -0.05) is 57.7 Å². The van der Waals surface area contributed by atoms with Crippen LogP contribution in [0.5, 0.6) is 0 Å². The second-order valence-corrected chi connectivity index (χ2v) is 6.55. The Balaban J connectivity index is 2.01. The molecule has 0 spiro atoms. The quantitative estimate of drug-likeness (QED) is 0.846. The lowest BCUT2D eigenvalue weighted by Gasteiger charge is -2.28. The molecule has 1 aromatic carbocycles. The van der Waals surface area contributed by atoms with Gasteiger partial charge in [-0.05, 0) is 30.9 Å².